The van der Waals surface area contributed by atoms with Crippen LogP contribution in [0.4, 0.5) is 5.82 Å². The number of fused-ring (bicyclic) bond motifs is 2. The van der Waals surface area contributed by atoms with Crippen molar-refractivity contribution in [2.45, 2.75) is 45.7 Å². The summed E-state index contributed by atoms with van der Waals surface area (Å²) >= 11 is 0. The molecule has 0 bridgehead atoms. The molecule has 0 saturated heterocycles. The van der Waals surface area contributed by atoms with E-state index < -0.39 is 0 Å². The molecule has 2 aromatic heterocycles. The fourth-order valence-corrected chi connectivity index (χ4v) is 3.63. The number of aryl methyl sites for hydroxylation is 1. The van der Waals surface area contributed by atoms with E-state index >= 15 is 0 Å². The van der Waals surface area contributed by atoms with Crippen LogP contribution in [0.5, 0.6) is 0 Å². The second-order valence-electron chi connectivity index (χ2n) is 8.32. The number of carbonyl (C=O) groups excluding carboxylic acids is 1. The van der Waals surface area contributed by atoms with E-state index in [1.54, 1.807) is 0 Å². The number of carbonyl (C=O) groups is 1. The molecule has 1 aliphatic rings. The molecule has 3 aromatic rings. The van der Waals surface area contributed by atoms with Gasteiger partial charge in [0.2, 0.25) is 0 Å². The van der Waals surface area contributed by atoms with Crippen molar-refractivity contribution in [3.8, 4) is 11.3 Å². The minimum atomic E-state index is -0.122. The largest absolute Gasteiger partial charge is 0.364 e. The number of anilines is 1. The maximum absolute atomic E-state index is 12.3. The highest BCUT2D eigenvalue weighted by atomic mass is 16.2. The predicted octanol–water partition coefficient (Wildman–Crippen LogP) is 3.28. The molecule has 0 aliphatic carbocycles. The molecule has 5 N–H and O–H groups in total. The van der Waals surface area contributed by atoms with Gasteiger partial charge in [-0.2, -0.15) is 0 Å². The molecular formula is C21H26N6O. The van der Waals surface area contributed by atoms with Crippen LogP contribution in [0.1, 0.15) is 55.0 Å². The van der Waals surface area contributed by atoms with Crippen LogP contribution < -0.4 is 16.4 Å². The summed E-state index contributed by atoms with van der Waals surface area (Å²) in [5.74, 6) is 0.707. The zero-order valence-electron chi connectivity index (χ0n) is 16.7. The Balaban J connectivity index is 1.84. The molecule has 1 aliphatic heterocycles. The molecule has 1 amide bonds. The Hall–Kier alpha value is -2.93. The number of amides is 1. The minimum absolute atomic E-state index is 0.0618. The summed E-state index contributed by atoms with van der Waals surface area (Å²) in [6.45, 7) is 8.75. The van der Waals surface area contributed by atoms with Gasteiger partial charge in [-0.1, -0.05) is 12.1 Å². The van der Waals surface area contributed by atoms with E-state index in [0.29, 0.717) is 18.5 Å². The second-order valence-corrected chi connectivity index (χ2v) is 8.32. The first-order valence-electron chi connectivity index (χ1n) is 9.56. The van der Waals surface area contributed by atoms with Gasteiger partial charge in [-0.05, 0) is 52.8 Å². The summed E-state index contributed by atoms with van der Waals surface area (Å²) in [6.07, 6.45) is 0.701. The lowest BCUT2D eigenvalue weighted by Gasteiger charge is -2.22. The van der Waals surface area contributed by atoms with Crippen LogP contribution in [-0.2, 0) is 0 Å². The Bertz CT molecular complexity index is 1060. The van der Waals surface area contributed by atoms with Gasteiger partial charge in [0, 0.05) is 16.8 Å². The topological polar surface area (TPSA) is 109 Å². The third-order valence-electron chi connectivity index (χ3n) is 4.85. The molecule has 146 valence electrons. The number of H-pyrrole nitrogens is 1. The number of para-hydroxylation sites is 1. The molecule has 0 saturated carbocycles. The molecule has 1 atom stereocenters. The second kappa shape index (κ2) is 6.60. The van der Waals surface area contributed by atoms with Gasteiger partial charge in [-0.3, -0.25) is 4.79 Å². The Morgan fingerprint density at radius 2 is 2.00 bits per heavy atom. The van der Waals surface area contributed by atoms with Gasteiger partial charge in [-0.25, -0.2) is 9.97 Å². The average molecular weight is 378 g/mol. The van der Waals surface area contributed by atoms with Crippen LogP contribution in [0.15, 0.2) is 24.3 Å². The highest BCUT2D eigenvalue weighted by Crippen LogP contribution is 2.34. The van der Waals surface area contributed by atoms with Gasteiger partial charge >= 0.3 is 0 Å². The van der Waals surface area contributed by atoms with Gasteiger partial charge in [-0.15, -0.1) is 0 Å². The molecule has 7 heteroatoms. The zero-order valence-corrected chi connectivity index (χ0v) is 16.7. The number of benzene rings is 1. The Labute approximate surface area is 164 Å². The summed E-state index contributed by atoms with van der Waals surface area (Å²) in [7, 11) is 0. The number of nitrogens with one attached hydrogen (secondary N) is 3. The highest BCUT2D eigenvalue weighted by Gasteiger charge is 2.31. The summed E-state index contributed by atoms with van der Waals surface area (Å²) in [5, 5.41) is 6.40. The van der Waals surface area contributed by atoms with Crippen LogP contribution in [0.2, 0.25) is 0 Å². The maximum atomic E-state index is 12.3. The maximum Gasteiger partial charge on any atom is 0.253 e. The normalized spacial score (nSPS) is 16.3. The molecule has 3 heterocycles. The lowest BCUT2D eigenvalue weighted by molar-refractivity contribution is 0.0955. The van der Waals surface area contributed by atoms with Crippen LogP contribution in [0.3, 0.4) is 0 Å². The van der Waals surface area contributed by atoms with Crippen molar-refractivity contribution in [1.82, 2.24) is 20.3 Å². The first kappa shape index (κ1) is 18.4. The Morgan fingerprint density at radius 3 is 2.71 bits per heavy atom. The SMILES string of the molecule is Cc1nc2cccc(-c3cc4c([nH]3)[C@@H](CCN)NC4=O)c2nc1NC(C)(C)C. The van der Waals surface area contributed by atoms with Crippen LogP contribution in [0.25, 0.3) is 22.3 Å². The van der Waals surface area contributed by atoms with E-state index in [2.05, 4.69) is 36.4 Å². The van der Waals surface area contributed by atoms with Gasteiger partial charge < -0.3 is 21.4 Å². The molecule has 0 unspecified atom stereocenters. The summed E-state index contributed by atoms with van der Waals surface area (Å²) < 4.78 is 0. The van der Waals surface area contributed by atoms with E-state index in [0.717, 1.165) is 39.5 Å². The van der Waals surface area contributed by atoms with Crippen molar-refractivity contribution in [2.75, 3.05) is 11.9 Å². The number of aromatic nitrogens is 3. The zero-order chi connectivity index (χ0) is 20.1. The van der Waals surface area contributed by atoms with E-state index in [1.807, 2.05) is 31.2 Å². The number of nitrogens with zero attached hydrogens (tertiary/aromatic N) is 2. The van der Waals surface area contributed by atoms with E-state index in [9.17, 15) is 4.79 Å². The average Bonchev–Trinajstić information content (AvgIpc) is 3.16. The van der Waals surface area contributed by atoms with E-state index in [1.165, 1.54) is 0 Å². The third kappa shape index (κ3) is 3.22. The third-order valence-corrected chi connectivity index (χ3v) is 4.85. The van der Waals surface area contributed by atoms with Crippen LogP contribution >= 0.6 is 0 Å². The van der Waals surface area contributed by atoms with Crippen molar-refractivity contribution < 1.29 is 4.79 Å². The van der Waals surface area contributed by atoms with Crippen molar-refractivity contribution in [1.29, 1.82) is 0 Å². The number of hydrogen-bond acceptors (Lipinski definition) is 5. The monoisotopic (exact) mass is 378 g/mol. The van der Waals surface area contributed by atoms with Gasteiger partial charge in [0.1, 0.15) is 11.3 Å². The smallest absolute Gasteiger partial charge is 0.253 e. The molecule has 7 nitrogen and oxygen atoms in total. The van der Waals surface area contributed by atoms with Crippen LogP contribution in [-0.4, -0.2) is 32.9 Å². The molecule has 4 rings (SSSR count). The van der Waals surface area contributed by atoms with Gasteiger partial charge in [0.05, 0.1) is 28.5 Å². The molecule has 0 spiro atoms. The summed E-state index contributed by atoms with van der Waals surface area (Å²) in [5.41, 5.74) is 11.4. The van der Waals surface area contributed by atoms with Gasteiger partial charge in [0.25, 0.3) is 5.91 Å². The predicted molar refractivity (Wildman–Crippen MR) is 111 cm³/mol. The molecule has 28 heavy (non-hydrogen) atoms. The summed E-state index contributed by atoms with van der Waals surface area (Å²) in [4.78, 5) is 25.3. The van der Waals surface area contributed by atoms with E-state index in [-0.39, 0.29) is 17.5 Å². The molecule has 1 aromatic carbocycles. The van der Waals surface area contributed by atoms with Crippen molar-refractivity contribution in [2.24, 2.45) is 5.73 Å². The molecular weight excluding hydrogens is 352 g/mol. The van der Waals surface area contributed by atoms with Crippen LogP contribution in [0, 0.1) is 6.92 Å². The highest BCUT2D eigenvalue weighted by molar-refractivity contribution is 6.01. The molecule has 0 fully saturated rings. The minimum Gasteiger partial charge on any atom is -0.364 e. The number of rotatable bonds is 4. The fourth-order valence-electron chi connectivity index (χ4n) is 3.63. The summed E-state index contributed by atoms with van der Waals surface area (Å²) in [6, 6.07) is 7.76. The molecule has 0 radical (unpaired) electrons. The lowest BCUT2D eigenvalue weighted by Crippen LogP contribution is -2.27. The van der Waals surface area contributed by atoms with E-state index in [4.69, 9.17) is 15.7 Å². The van der Waals surface area contributed by atoms with Crippen molar-refractivity contribution in [3.63, 3.8) is 0 Å². The Morgan fingerprint density at radius 1 is 1.21 bits per heavy atom. The first-order valence-corrected chi connectivity index (χ1v) is 9.56. The lowest BCUT2D eigenvalue weighted by atomic mass is 10.1. The fraction of sp³-hybridized carbons (Fsp3) is 0.381. The first-order chi connectivity index (χ1) is 13.3. The number of nitrogens with two attached hydrogens (primary N) is 1. The van der Waals surface area contributed by atoms with Crippen molar-refractivity contribution >= 4 is 22.8 Å². The van der Waals surface area contributed by atoms with Gasteiger partial charge in [0.15, 0.2) is 0 Å². The quantitative estimate of drug-likeness (QED) is 0.557. The number of aromatic amines is 1. The standard InChI is InChI=1S/C21H26N6O/c1-11-19(27-21(2,3)4)26-17-12(6-5-7-14(17)23-11)16-10-13-18(24-16)15(8-9-22)25-20(13)28/h5-7,10,15,24H,8-9,22H2,1-4H3,(H,25,28)(H,26,27)/t15-/m1/s1. The Kier molecular flexibility index (Phi) is 4.34. The number of hydrogen-bond donors (Lipinski definition) is 4. The van der Waals surface area contributed by atoms with Crippen molar-refractivity contribution in [3.05, 3.63) is 41.2 Å².